The maximum atomic E-state index is 6.45. The highest BCUT2D eigenvalue weighted by Gasteiger charge is 2.34. The van der Waals surface area contributed by atoms with Crippen LogP contribution < -0.4 is 0 Å². The van der Waals surface area contributed by atoms with Gasteiger partial charge in [-0.05, 0) is 18.4 Å². The molecule has 0 aliphatic heterocycles. The Labute approximate surface area is 110 Å². The summed E-state index contributed by atoms with van der Waals surface area (Å²) in [4.78, 5) is 0. The maximum absolute atomic E-state index is 6.45. The topological polar surface area (TPSA) is 9.23 Å². The molecule has 0 heterocycles. The number of halogens is 1. The summed E-state index contributed by atoms with van der Waals surface area (Å²) < 4.78 is 6.40. The lowest BCUT2D eigenvalue weighted by Gasteiger charge is -2.36. The van der Waals surface area contributed by atoms with Gasteiger partial charge in [-0.15, -0.1) is 0 Å². The maximum Gasteiger partial charge on any atom is 0.170 e. The molecule has 1 rings (SSSR count). The normalized spacial score (nSPS) is 21.8. The first kappa shape index (κ1) is 14.7. The second-order valence-electron chi connectivity index (χ2n) is 5.20. The van der Waals surface area contributed by atoms with E-state index in [0.717, 1.165) is 18.4 Å². The Bertz CT molecular complexity index is 189. The standard InChI is InChI=1S/C12H27ClOSi2/c1-4-12(5-2,16(3)13)14-15-11-9-7-6-8-10-11/h11,16H,4-10,15H2,1-3H3. The molecule has 0 bridgehead atoms. The molecular weight excluding hydrogens is 252 g/mol. The Morgan fingerprint density at radius 2 is 1.81 bits per heavy atom. The third-order valence-electron chi connectivity index (χ3n) is 4.25. The third-order valence-corrected chi connectivity index (χ3v) is 10.2. The van der Waals surface area contributed by atoms with Crippen molar-refractivity contribution in [2.24, 2.45) is 0 Å². The first-order valence-electron chi connectivity index (χ1n) is 6.92. The lowest BCUT2D eigenvalue weighted by atomic mass is 10.0. The van der Waals surface area contributed by atoms with Crippen molar-refractivity contribution in [2.45, 2.75) is 76.1 Å². The van der Waals surface area contributed by atoms with Crippen molar-refractivity contribution in [1.29, 1.82) is 0 Å². The minimum atomic E-state index is -1.21. The summed E-state index contributed by atoms with van der Waals surface area (Å²) in [5, 5.41) is 0.102. The summed E-state index contributed by atoms with van der Waals surface area (Å²) in [5.74, 6) is 0. The molecule has 96 valence electrons. The molecule has 1 fully saturated rings. The van der Waals surface area contributed by atoms with Gasteiger partial charge in [-0.1, -0.05) is 52.5 Å². The van der Waals surface area contributed by atoms with Crippen LogP contribution in [0.15, 0.2) is 0 Å². The van der Waals surface area contributed by atoms with Gasteiger partial charge in [0.15, 0.2) is 17.9 Å². The van der Waals surface area contributed by atoms with Gasteiger partial charge in [0.25, 0.3) is 0 Å². The highest BCUT2D eigenvalue weighted by molar-refractivity contribution is 7.07. The molecule has 0 spiro atoms. The molecule has 1 atom stereocenters. The van der Waals surface area contributed by atoms with Crippen molar-refractivity contribution in [3.05, 3.63) is 0 Å². The summed E-state index contributed by atoms with van der Waals surface area (Å²) >= 11 is 6.45. The van der Waals surface area contributed by atoms with Crippen molar-refractivity contribution < 1.29 is 4.43 Å². The fraction of sp³-hybridized carbons (Fsp3) is 1.00. The third kappa shape index (κ3) is 3.86. The van der Waals surface area contributed by atoms with Crippen LogP contribution in [0, 0.1) is 0 Å². The Hall–Kier alpha value is 0.684. The van der Waals surface area contributed by atoms with E-state index in [9.17, 15) is 0 Å². The summed E-state index contributed by atoms with van der Waals surface area (Å²) in [5.41, 5.74) is 0.940. The van der Waals surface area contributed by atoms with Gasteiger partial charge in [-0.25, -0.2) is 0 Å². The van der Waals surface area contributed by atoms with Crippen LogP contribution in [0.4, 0.5) is 0 Å². The lowest BCUT2D eigenvalue weighted by molar-refractivity contribution is 0.144. The van der Waals surface area contributed by atoms with Gasteiger partial charge in [0, 0.05) is 0 Å². The van der Waals surface area contributed by atoms with E-state index in [1.165, 1.54) is 32.1 Å². The van der Waals surface area contributed by atoms with E-state index in [1.54, 1.807) is 0 Å². The molecule has 1 aliphatic carbocycles. The van der Waals surface area contributed by atoms with Gasteiger partial charge < -0.3 is 4.43 Å². The van der Waals surface area contributed by atoms with E-state index >= 15 is 0 Å². The van der Waals surface area contributed by atoms with E-state index in [0.29, 0.717) is 0 Å². The number of hydrogen-bond acceptors (Lipinski definition) is 1. The monoisotopic (exact) mass is 278 g/mol. The average molecular weight is 279 g/mol. The van der Waals surface area contributed by atoms with Gasteiger partial charge >= 0.3 is 0 Å². The van der Waals surface area contributed by atoms with Crippen molar-refractivity contribution in [3.8, 4) is 0 Å². The number of hydrogen-bond donors (Lipinski definition) is 0. The molecule has 1 nitrogen and oxygen atoms in total. The van der Waals surface area contributed by atoms with Crippen LogP contribution >= 0.6 is 11.1 Å². The first-order valence-corrected chi connectivity index (χ1v) is 11.8. The summed E-state index contributed by atoms with van der Waals surface area (Å²) in [7, 11) is -1.56. The van der Waals surface area contributed by atoms with Crippen LogP contribution in [-0.2, 0) is 4.43 Å². The zero-order valence-corrected chi connectivity index (χ0v) is 14.4. The van der Waals surface area contributed by atoms with Crippen LogP contribution in [0.25, 0.3) is 0 Å². The first-order chi connectivity index (χ1) is 7.64. The Morgan fingerprint density at radius 1 is 1.25 bits per heavy atom. The molecule has 0 radical (unpaired) electrons. The minimum Gasteiger partial charge on any atom is -0.420 e. The highest BCUT2D eigenvalue weighted by Crippen LogP contribution is 2.32. The molecular formula is C12H27ClOSi2. The largest absolute Gasteiger partial charge is 0.420 e. The molecule has 0 aromatic heterocycles. The summed E-state index contributed by atoms with van der Waals surface area (Å²) in [6, 6.07) is 0. The highest BCUT2D eigenvalue weighted by atomic mass is 35.6. The molecule has 0 saturated heterocycles. The zero-order valence-electron chi connectivity index (χ0n) is 11.1. The van der Waals surface area contributed by atoms with Crippen LogP contribution in [0.5, 0.6) is 0 Å². The molecule has 0 N–H and O–H groups in total. The summed E-state index contributed by atoms with van der Waals surface area (Å²) in [6.07, 6.45) is 9.38. The molecule has 0 aromatic rings. The SMILES string of the molecule is CCC(CC)(O[SiH2]C1CCCCC1)[SiH](C)Cl. The Morgan fingerprint density at radius 3 is 2.25 bits per heavy atom. The van der Waals surface area contributed by atoms with E-state index in [4.69, 9.17) is 15.5 Å². The average Bonchev–Trinajstić information content (AvgIpc) is 2.32. The van der Waals surface area contributed by atoms with Gasteiger partial charge in [0.1, 0.15) is 0 Å². The minimum absolute atomic E-state index is 0.102. The van der Waals surface area contributed by atoms with Crippen molar-refractivity contribution >= 4 is 28.9 Å². The van der Waals surface area contributed by atoms with Crippen molar-refractivity contribution in [2.75, 3.05) is 0 Å². The van der Waals surface area contributed by atoms with E-state index in [2.05, 4.69) is 20.4 Å². The Kier molecular flexibility index (Phi) is 6.63. The Balaban J connectivity index is 2.42. The van der Waals surface area contributed by atoms with Gasteiger partial charge in [-0.2, -0.15) is 11.1 Å². The fourth-order valence-electron chi connectivity index (χ4n) is 2.77. The van der Waals surface area contributed by atoms with Gasteiger partial charge in [0.05, 0.1) is 5.22 Å². The van der Waals surface area contributed by atoms with E-state index in [-0.39, 0.29) is 15.0 Å². The van der Waals surface area contributed by atoms with Gasteiger partial charge in [-0.3, -0.25) is 0 Å². The predicted molar refractivity (Wildman–Crippen MR) is 78.6 cm³/mol. The molecule has 1 saturated carbocycles. The van der Waals surface area contributed by atoms with E-state index in [1.807, 2.05) is 0 Å². The van der Waals surface area contributed by atoms with Crippen molar-refractivity contribution in [3.63, 3.8) is 0 Å². The van der Waals surface area contributed by atoms with Crippen LogP contribution in [0.2, 0.25) is 12.1 Å². The number of rotatable bonds is 6. The smallest absolute Gasteiger partial charge is 0.170 e. The molecule has 16 heavy (non-hydrogen) atoms. The van der Waals surface area contributed by atoms with Crippen molar-refractivity contribution in [1.82, 2.24) is 0 Å². The second-order valence-corrected chi connectivity index (χ2v) is 11.2. The van der Waals surface area contributed by atoms with Crippen LogP contribution in [-0.4, -0.2) is 23.1 Å². The summed E-state index contributed by atoms with van der Waals surface area (Å²) in [6.45, 7) is 6.71. The fourth-order valence-corrected chi connectivity index (χ4v) is 8.48. The lowest BCUT2D eigenvalue weighted by Crippen LogP contribution is -2.44. The van der Waals surface area contributed by atoms with Crippen LogP contribution in [0.3, 0.4) is 0 Å². The molecule has 1 aliphatic rings. The molecule has 1 unspecified atom stereocenters. The second kappa shape index (κ2) is 7.19. The van der Waals surface area contributed by atoms with E-state index < -0.39 is 8.11 Å². The molecule has 0 aromatic carbocycles. The zero-order chi connectivity index (χ0) is 12.0. The quantitative estimate of drug-likeness (QED) is 0.534. The predicted octanol–water partition coefficient (Wildman–Crippen LogP) is 3.53. The molecule has 4 heteroatoms. The molecule has 0 amide bonds. The van der Waals surface area contributed by atoms with Gasteiger partial charge in [0.2, 0.25) is 0 Å². The van der Waals surface area contributed by atoms with Crippen LogP contribution in [0.1, 0.15) is 58.8 Å².